The van der Waals surface area contributed by atoms with Gasteiger partial charge < -0.3 is 15.0 Å². The molecular formula is C37H42ClN3O5S. The number of nitrogens with zero attached hydrogens (tertiary/aromatic N) is 2. The molecule has 0 aliphatic rings. The third-order valence-corrected chi connectivity index (χ3v) is 9.95. The molecule has 1 unspecified atom stereocenters. The van der Waals surface area contributed by atoms with Gasteiger partial charge in [-0.2, -0.15) is 0 Å². The molecule has 4 aromatic rings. The van der Waals surface area contributed by atoms with Crippen molar-refractivity contribution in [1.82, 2.24) is 10.2 Å². The lowest BCUT2D eigenvalue weighted by molar-refractivity contribution is -0.140. The number of amides is 2. The molecule has 0 aliphatic heterocycles. The first-order valence-electron chi connectivity index (χ1n) is 15.5. The zero-order valence-electron chi connectivity index (χ0n) is 27.4. The van der Waals surface area contributed by atoms with Crippen LogP contribution in [0.15, 0.2) is 102 Å². The molecule has 2 amide bonds. The van der Waals surface area contributed by atoms with Crippen LogP contribution in [0, 0.1) is 19.8 Å². The van der Waals surface area contributed by atoms with Gasteiger partial charge in [-0.15, -0.1) is 0 Å². The summed E-state index contributed by atoms with van der Waals surface area (Å²) in [5.74, 6) is -0.311. The number of aryl methyl sites for hydroxylation is 2. The quantitative estimate of drug-likeness (QED) is 0.163. The Hall–Kier alpha value is -4.34. The van der Waals surface area contributed by atoms with Crippen LogP contribution in [-0.4, -0.2) is 51.4 Å². The number of sulfonamides is 1. The third kappa shape index (κ3) is 9.14. The lowest BCUT2D eigenvalue weighted by atomic mass is 10.0. The Labute approximate surface area is 283 Å². The molecule has 1 atom stereocenters. The SMILES string of the molecule is COc1ccc(N(CC(=O)N(Cc2ccccc2C)C(Cc2ccccc2)C(=O)NCC(C)C)S(=O)(=O)c2ccc(C)cc2)cc1Cl. The molecule has 0 saturated heterocycles. The Kier molecular flexibility index (Phi) is 12.1. The van der Waals surface area contributed by atoms with Crippen LogP contribution >= 0.6 is 11.6 Å². The van der Waals surface area contributed by atoms with E-state index in [1.807, 2.05) is 82.3 Å². The number of hydrogen-bond donors (Lipinski definition) is 1. The molecule has 0 aliphatic carbocycles. The number of carbonyl (C=O) groups excluding carboxylic acids is 2. The van der Waals surface area contributed by atoms with Crippen LogP contribution < -0.4 is 14.4 Å². The third-order valence-electron chi connectivity index (χ3n) is 7.87. The molecule has 47 heavy (non-hydrogen) atoms. The number of halogens is 1. The minimum Gasteiger partial charge on any atom is -0.495 e. The predicted molar refractivity (Wildman–Crippen MR) is 187 cm³/mol. The lowest BCUT2D eigenvalue weighted by Crippen LogP contribution is -2.53. The number of benzene rings is 4. The fourth-order valence-corrected chi connectivity index (χ4v) is 6.78. The molecule has 10 heteroatoms. The van der Waals surface area contributed by atoms with Crippen LogP contribution in [0.5, 0.6) is 5.75 Å². The molecule has 0 aromatic heterocycles. The Morgan fingerprint density at radius 2 is 1.55 bits per heavy atom. The van der Waals surface area contributed by atoms with E-state index < -0.39 is 28.5 Å². The van der Waals surface area contributed by atoms with E-state index in [-0.39, 0.29) is 40.4 Å². The smallest absolute Gasteiger partial charge is 0.264 e. The summed E-state index contributed by atoms with van der Waals surface area (Å²) < 4.78 is 34.8. The van der Waals surface area contributed by atoms with E-state index >= 15 is 0 Å². The first-order chi connectivity index (χ1) is 22.4. The lowest BCUT2D eigenvalue weighted by Gasteiger charge is -2.34. The maximum absolute atomic E-state index is 14.6. The zero-order chi connectivity index (χ0) is 34.1. The predicted octanol–water partition coefficient (Wildman–Crippen LogP) is 6.57. The van der Waals surface area contributed by atoms with Gasteiger partial charge in [0.25, 0.3) is 10.0 Å². The van der Waals surface area contributed by atoms with E-state index in [9.17, 15) is 18.0 Å². The van der Waals surface area contributed by atoms with E-state index in [2.05, 4.69) is 5.32 Å². The highest BCUT2D eigenvalue weighted by Crippen LogP contribution is 2.32. The molecule has 0 saturated carbocycles. The molecule has 1 N–H and O–H groups in total. The second-order valence-electron chi connectivity index (χ2n) is 11.9. The largest absolute Gasteiger partial charge is 0.495 e. The summed E-state index contributed by atoms with van der Waals surface area (Å²) in [6, 6.07) is 27.2. The van der Waals surface area contributed by atoms with Crippen molar-refractivity contribution in [3.63, 3.8) is 0 Å². The Morgan fingerprint density at radius 3 is 2.17 bits per heavy atom. The van der Waals surface area contributed by atoms with Crippen molar-refractivity contribution in [3.05, 3.63) is 124 Å². The molecular weight excluding hydrogens is 634 g/mol. The van der Waals surface area contributed by atoms with Gasteiger partial charge in [0.15, 0.2) is 0 Å². The monoisotopic (exact) mass is 675 g/mol. The summed E-state index contributed by atoms with van der Waals surface area (Å²) in [6.45, 7) is 7.74. The van der Waals surface area contributed by atoms with E-state index in [1.54, 1.807) is 24.3 Å². The van der Waals surface area contributed by atoms with Crippen LogP contribution in [0.2, 0.25) is 5.02 Å². The molecule has 4 aromatic carbocycles. The van der Waals surface area contributed by atoms with Crippen molar-refractivity contribution in [1.29, 1.82) is 0 Å². The Morgan fingerprint density at radius 1 is 0.894 bits per heavy atom. The van der Waals surface area contributed by atoms with Crippen molar-refractivity contribution in [3.8, 4) is 5.75 Å². The molecule has 4 rings (SSSR count). The van der Waals surface area contributed by atoms with Crippen molar-refractivity contribution >= 4 is 39.1 Å². The maximum atomic E-state index is 14.6. The fraction of sp³-hybridized carbons (Fsp3) is 0.297. The van der Waals surface area contributed by atoms with Gasteiger partial charge in [0, 0.05) is 19.5 Å². The van der Waals surface area contributed by atoms with Gasteiger partial charge >= 0.3 is 0 Å². The number of anilines is 1. The van der Waals surface area contributed by atoms with Gasteiger partial charge in [-0.3, -0.25) is 13.9 Å². The van der Waals surface area contributed by atoms with Crippen LogP contribution in [0.25, 0.3) is 0 Å². The molecule has 8 nitrogen and oxygen atoms in total. The van der Waals surface area contributed by atoms with E-state index in [4.69, 9.17) is 16.3 Å². The van der Waals surface area contributed by atoms with Crippen molar-refractivity contribution in [2.45, 2.75) is 51.6 Å². The van der Waals surface area contributed by atoms with Gasteiger partial charge in [0.2, 0.25) is 11.8 Å². The molecule has 248 valence electrons. The molecule has 0 spiro atoms. The number of methoxy groups -OCH3 is 1. The van der Waals surface area contributed by atoms with Gasteiger partial charge in [0.1, 0.15) is 18.3 Å². The van der Waals surface area contributed by atoms with E-state index in [0.717, 1.165) is 26.6 Å². The van der Waals surface area contributed by atoms with E-state index in [1.165, 1.54) is 30.2 Å². The molecule has 0 radical (unpaired) electrons. The van der Waals surface area contributed by atoms with Crippen molar-refractivity contribution in [2.24, 2.45) is 5.92 Å². The second kappa shape index (κ2) is 16.0. The van der Waals surface area contributed by atoms with Crippen molar-refractivity contribution < 1.29 is 22.7 Å². The topological polar surface area (TPSA) is 96.0 Å². The normalized spacial score (nSPS) is 12.0. The molecule has 0 heterocycles. The maximum Gasteiger partial charge on any atom is 0.264 e. The van der Waals surface area contributed by atoms with Crippen LogP contribution in [0.4, 0.5) is 5.69 Å². The van der Waals surface area contributed by atoms with Crippen molar-refractivity contribution in [2.75, 3.05) is 24.5 Å². The number of nitrogens with one attached hydrogen (secondary N) is 1. The summed E-state index contributed by atoms with van der Waals surface area (Å²) in [7, 11) is -2.79. The number of carbonyl (C=O) groups is 2. The van der Waals surface area contributed by atoms with Gasteiger partial charge in [0.05, 0.1) is 22.7 Å². The summed E-state index contributed by atoms with van der Waals surface area (Å²) in [6.07, 6.45) is 0.238. The highest BCUT2D eigenvalue weighted by atomic mass is 35.5. The van der Waals surface area contributed by atoms with Gasteiger partial charge in [-0.25, -0.2) is 8.42 Å². The number of hydrogen-bond acceptors (Lipinski definition) is 5. The minimum atomic E-state index is -4.26. The van der Waals surface area contributed by atoms with Gasteiger partial charge in [-0.1, -0.05) is 97.7 Å². The average molecular weight is 676 g/mol. The fourth-order valence-electron chi connectivity index (χ4n) is 5.12. The van der Waals surface area contributed by atoms with Gasteiger partial charge in [-0.05, 0) is 66.8 Å². The van der Waals surface area contributed by atoms with Crippen LogP contribution in [0.3, 0.4) is 0 Å². The first-order valence-corrected chi connectivity index (χ1v) is 17.3. The highest BCUT2D eigenvalue weighted by Gasteiger charge is 2.35. The Bertz CT molecular complexity index is 1780. The number of rotatable bonds is 14. The van der Waals surface area contributed by atoms with Crippen LogP contribution in [-0.2, 0) is 32.6 Å². The summed E-state index contributed by atoms with van der Waals surface area (Å²) in [5.41, 5.74) is 3.73. The summed E-state index contributed by atoms with van der Waals surface area (Å²) in [4.78, 5) is 30.1. The second-order valence-corrected chi connectivity index (χ2v) is 14.2. The minimum absolute atomic E-state index is 0.0174. The summed E-state index contributed by atoms with van der Waals surface area (Å²) >= 11 is 6.46. The van der Waals surface area contributed by atoms with E-state index in [0.29, 0.717) is 12.3 Å². The van der Waals surface area contributed by atoms with Crippen LogP contribution in [0.1, 0.15) is 36.1 Å². The average Bonchev–Trinajstić information content (AvgIpc) is 3.05. The number of ether oxygens (including phenoxy) is 1. The molecule has 0 bridgehead atoms. The zero-order valence-corrected chi connectivity index (χ0v) is 29.0. The highest BCUT2D eigenvalue weighted by molar-refractivity contribution is 7.92. The standard InChI is InChI=1S/C37H42ClN3O5S/c1-26(2)23-39-37(43)34(21-29-12-7-6-8-13-29)40(24-30-14-10-9-11-28(30)4)36(42)25-41(31-17-20-35(46-5)33(38)22-31)47(44,45)32-18-15-27(3)16-19-32/h6-20,22,26,34H,21,23-25H2,1-5H3,(H,39,43). The first kappa shape index (κ1) is 35.5. The molecule has 0 fully saturated rings. The summed E-state index contributed by atoms with van der Waals surface area (Å²) in [5, 5.41) is 3.20. The Balaban J connectivity index is 1.83.